The van der Waals surface area contributed by atoms with Crippen molar-refractivity contribution in [2.45, 2.75) is 13.0 Å². The Morgan fingerprint density at radius 2 is 1.83 bits per heavy atom. The van der Waals surface area contributed by atoms with Crippen molar-refractivity contribution in [3.63, 3.8) is 0 Å². The van der Waals surface area contributed by atoms with Crippen LogP contribution in [0.3, 0.4) is 0 Å². The minimum Gasteiger partial charge on any atom is -0.546 e. The van der Waals surface area contributed by atoms with Gasteiger partial charge in [-0.15, -0.1) is 0 Å². The highest BCUT2D eigenvalue weighted by Crippen LogP contribution is 2.24. The van der Waals surface area contributed by atoms with Gasteiger partial charge in [-0.05, 0) is 49.4 Å². The number of carboxylic acids is 1. The lowest BCUT2D eigenvalue weighted by atomic mass is 10.3. The van der Waals surface area contributed by atoms with Gasteiger partial charge in [0.05, 0.1) is 23.2 Å². The van der Waals surface area contributed by atoms with Gasteiger partial charge in [-0.25, -0.2) is 9.97 Å². The van der Waals surface area contributed by atoms with E-state index in [4.69, 9.17) is 21.1 Å². The second kappa shape index (κ2) is 6.72. The van der Waals surface area contributed by atoms with Crippen LogP contribution in [0.15, 0.2) is 48.7 Å². The molecule has 0 N–H and O–H groups in total. The maximum Gasteiger partial charge on any atom is 0.238 e. The van der Waals surface area contributed by atoms with Crippen LogP contribution < -0.4 is 14.6 Å². The van der Waals surface area contributed by atoms with Crippen molar-refractivity contribution >= 4 is 28.6 Å². The molecule has 1 heterocycles. The molecule has 3 aromatic rings. The molecule has 0 radical (unpaired) electrons. The van der Waals surface area contributed by atoms with Crippen LogP contribution in [-0.2, 0) is 4.79 Å². The number of carboxylic acid groups (broad SMARTS) is 1. The Morgan fingerprint density at radius 1 is 1.12 bits per heavy atom. The van der Waals surface area contributed by atoms with Crippen molar-refractivity contribution in [2.24, 2.45) is 0 Å². The van der Waals surface area contributed by atoms with Crippen LogP contribution in [0.2, 0.25) is 5.02 Å². The number of rotatable bonds is 5. The molecule has 1 aromatic heterocycles. The number of halogens is 1. The Balaban J connectivity index is 1.74. The Bertz CT molecular complexity index is 883. The summed E-state index contributed by atoms with van der Waals surface area (Å²) in [6.07, 6.45) is 0.469. The SMILES string of the molecule is C[C@@H](Oc1ccc(Oc2cnc3cc(Cl)ccc3n2)cc1)C(=O)[O-]. The number of carbonyl (C=O) groups is 1. The molecule has 122 valence electrons. The fourth-order valence-corrected chi connectivity index (χ4v) is 2.14. The quantitative estimate of drug-likeness (QED) is 0.708. The summed E-state index contributed by atoms with van der Waals surface area (Å²) in [6, 6.07) is 11.7. The van der Waals surface area contributed by atoms with Gasteiger partial charge in [-0.3, -0.25) is 0 Å². The number of aromatic nitrogens is 2. The predicted molar refractivity (Wildman–Crippen MR) is 86.2 cm³/mol. The molecule has 1 atom stereocenters. The van der Waals surface area contributed by atoms with Crippen LogP contribution in [0.1, 0.15) is 6.92 Å². The lowest BCUT2D eigenvalue weighted by Gasteiger charge is -2.15. The van der Waals surface area contributed by atoms with E-state index < -0.39 is 12.1 Å². The first kappa shape index (κ1) is 16.0. The monoisotopic (exact) mass is 343 g/mol. The number of carbonyl (C=O) groups excluding carboxylic acids is 1. The van der Waals surface area contributed by atoms with Crippen molar-refractivity contribution < 1.29 is 19.4 Å². The summed E-state index contributed by atoms with van der Waals surface area (Å²) in [5.41, 5.74) is 1.34. The summed E-state index contributed by atoms with van der Waals surface area (Å²) >= 11 is 5.91. The van der Waals surface area contributed by atoms with E-state index in [2.05, 4.69) is 9.97 Å². The fourth-order valence-electron chi connectivity index (χ4n) is 1.98. The van der Waals surface area contributed by atoms with Gasteiger partial charge in [0.2, 0.25) is 5.88 Å². The van der Waals surface area contributed by atoms with Crippen molar-refractivity contribution in [1.29, 1.82) is 0 Å². The lowest BCUT2D eigenvalue weighted by Crippen LogP contribution is -2.37. The molecule has 6 nitrogen and oxygen atoms in total. The van der Waals surface area contributed by atoms with Crippen molar-refractivity contribution in [3.05, 3.63) is 53.7 Å². The summed E-state index contributed by atoms with van der Waals surface area (Å²) in [7, 11) is 0. The minimum absolute atomic E-state index is 0.335. The summed E-state index contributed by atoms with van der Waals surface area (Å²) in [6.45, 7) is 1.40. The fraction of sp³-hybridized carbons (Fsp3) is 0.118. The third-order valence-electron chi connectivity index (χ3n) is 3.17. The van der Waals surface area contributed by atoms with E-state index in [0.717, 1.165) is 0 Å². The molecule has 0 saturated carbocycles. The number of ether oxygens (including phenoxy) is 2. The number of hydrogen-bond acceptors (Lipinski definition) is 6. The highest BCUT2D eigenvalue weighted by molar-refractivity contribution is 6.31. The maximum atomic E-state index is 10.7. The minimum atomic E-state index is -1.28. The van der Waals surface area contributed by atoms with Crippen LogP contribution in [0, 0.1) is 0 Å². The molecule has 3 rings (SSSR count). The standard InChI is InChI=1S/C17H13ClN2O4/c1-10(17(21)22)23-12-3-5-13(6-4-12)24-16-9-19-15-8-11(18)2-7-14(15)20-16/h2-10H,1H3,(H,21,22)/p-1/t10-/m1/s1. The van der Waals surface area contributed by atoms with E-state index in [1.54, 1.807) is 42.5 Å². The first-order chi connectivity index (χ1) is 11.5. The normalized spacial score (nSPS) is 11.9. The second-order valence-electron chi connectivity index (χ2n) is 4.99. The molecule has 0 fully saturated rings. The zero-order valence-electron chi connectivity index (χ0n) is 12.6. The van der Waals surface area contributed by atoms with Crippen LogP contribution in [0.4, 0.5) is 0 Å². The molecule has 0 saturated heterocycles. The van der Waals surface area contributed by atoms with Gasteiger partial charge in [0.1, 0.15) is 17.6 Å². The van der Waals surface area contributed by atoms with Crippen LogP contribution >= 0.6 is 11.6 Å². The molecule has 0 aliphatic heterocycles. The molecule has 0 aliphatic carbocycles. The number of nitrogens with zero attached hydrogens (tertiary/aromatic N) is 2. The Kier molecular flexibility index (Phi) is 4.48. The zero-order valence-corrected chi connectivity index (χ0v) is 13.4. The van der Waals surface area contributed by atoms with E-state index >= 15 is 0 Å². The summed E-state index contributed by atoms with van der Waals surface area (Å²) < 4.78 is 10.8. The first-order valence-corrected chi connectivity index (χ1v) is 7.47. The molecular weight excluding hydrogens is 332 g/mol. The molecule has 7 heteroatoms. The number of benzene rings is 2. The van der Waals surface area contributed by atoms with Gasteiger partial charge in [0, 0.05) is 5.02 Å². The number of hydrogen-bond donors (Lipinski definition) is 0. The number of fused-ring (bicyclic) bond motifs is 1. The average molecular weight is 344 g/mol. The highest BCUT2D eigenvalue weighted by Gasteiger charge is 2.06. The predicted octanol–water partition coefficient (Wildman–Crippen LogP) is 2.59. The Morgan fingerprint density at radius 3 is 2.54 bits per heavy atom. The van der Waals surface area contributed by atoms with E-state index in [1.165, 1.54) is 13.1 Å². The topological polar surface area (TPSA) is 84.4 Å². The van der Waals surface area contributed by atoms with Crippen molar-refractivity contribution in [3.8, 4) is 17.4 Å². The van der Waals surface area contributed by atoms with Crippen molar-refractivity contribution in [2.75, 3.05) is 0 Å². The molecular formula is C17H12ClN2O4-. The van der Waals surface area contributed by atoms with E-state index in [-0.39, 0.29) is 0 Å². The van der Waals surface area contributed by atoms with Crippen LogP contribution in [0.5, 0.6) is 17.4 Å². The summed E-state index contributed by atoms with van der Waals surface area (Å²) in [5.74, 6) is -0.0205. The number of aliphatic carboxylic acids is 1. The van der Waals surface area contributed by atoms with Gasteiger partial charge in [-0.1, -0.05) is 11.6 Å². The van der Waals surface area contributed by atoms with E-state index in [0.29, 0.717) is 33.4 Å². The van der Waals surface area contributed by atoms with Gasteiger partial charge in [0.15, 0.2) is 0 Å². The Hall–Kier alpha value is -2.86. The van der Waals surface area contributed by atoms with E-state index in [9.17, 15) is 9.90 Å². The molecule has 2 aromatic carbocycles. The molecule has 0 spiro atoms. The second-order valence-corrected chi connectivity index (χ2v) is 5.43. The third-order valence-corrected chi connectivity index (χ3v) is 3.41. The zero-order chi connectivity index (χ0) is 17.1. The summed E-state index contributed by atoms with van der Waals surface area (Å²) in [4.78, 5) is 19.2. The van der Waals surface area contributed by atoms with Gasteiger partial charge >= 0.3 is 0 Å². The lowest BCUT2D eigenvalue weighted by molar-refractivity contribution is -0.312. The average Bonchev–Trinajstić information content (AvgIpc) is 2.56. The largest absolute Gasteiger partial charge is 0.546 e. The third kappa shape index (κ3) is 3.72. The molecule has 0 aliphatic rings. The van der Waals surface area contributed by atoms with Crippen LogP contribution in [-0.4, -0.2) is 22.0 Å². The molecule has 0 unspecified atom stereocenters. The van der Waals surface area contributed by atoms with E-state index in [1.807, 2.05) is 0 Å². The molecule has 0 bridgehead atoms. The first-order valence-electron chi connectivity index (χ1n) is 7.09. The highest BCUT2D eigenvalue weighted by atomic mass is 35.5. The van der Waals surface area contributed by atoms with Gasteiger partial charge in [-0.2, -0.15) is 0 Å². The van der Waals surface area contributed by atoms with Gasteiger partial charge in [0.25, 0.3) is 0 Å². The van der Waals surface area contributed by atoms with Gasteiger partial charge < -0.3 is 19.4 Å². The Labute approximate surface area is 142 Å². The maximum absolute atomic E-state index is 10.7. The van der Waals surface area contributed by atoms with Crippen molar-refractivity contribution in [1.82, 2.24) is 9.97 Å². The van der Waals surface area contributed by atoms with Crippen LogP contribution in [0.25, 0.3) is 11.0 Å². The smallest absolute Gasteiger partial charge is 0.238 e. The molecule has 0 amide bonds. The molecule has 24 heavy (non-hydrogen) atoms. The summed E-state index contributed by atoms with van der Waals surface area (Å²) in [5, 5.41) is 11.2.